The Kier molecular flexibility index (Phi) is 2.93. The summed E-state index contributed by atoms with van der Waals surface area (Å²) in [5, 5.41) is 0. The first-order valence-electron chi connectivity index (χ1n) is 4.99. The van der Waals surface area contributed by atoms with Gasteiger partial charge in [-0.05, 0) is 17.6 Å². The fourth-order valence-corrected chi connectivity index (χ4v) is 1.67. The molecular weight excluding hydrogens is 184 g/mol. The van der Waals surface area contributed by atoms with Crippen molar-refractivity contribution in [2.75, 3.05) is 0 Å². The van der Waals surface area contributed by atoms with Gasteiger partial charge in [0, 0.05) is 5.56 Å². The molecule has 0 unspecified atom stereocenters. The van der Waals surface area contributed by atoms with Crippen LogP contribution in [0.2, 0.25) is 0 Å². The molecule has 15 heavy (non-hydrogen) atoms. The normalized spacial score (nSPS) is 14.5. The predicted molar refractivity (Wildman–Crippen MR) is 62.7 cm³/mol. The average Bonchev–Trinajstić information content (AvgIpc) is 2.57. The molecule has 0 radical (unpaired) electrons. The second-order valence-electron chi connectivity index (χ2n) is 3.41. The molecule has 0 aliphatic heterocycles. The van der Waals surface area contributed by atoms with Gasteiger partial charge in [-0.25, -0.2) is 0 Å². The van der Waals surface area contributed by atoms with Crippen LogP contribution in [0.5, 0.6) is 0 Å². The van der Waals surface area contributed by atoms with E-state index in [9.17, 15) is 4.79 Å². The van der Waals surface area contributed by atoms with Gasteiger partial charge in [0.1, 0.15) is 0 Å². The van der Waals surface area contributed by atoms with Gasteiger partial charge < -0.3 is 0 Å². The zero-order chi connectivity index (χ0) is 10.5. The summed E-state index contributed by atoms with van der Waals surface area (Å²) in [6.45, 7) is 0. The van der Waals surface area contributed by atoms with Gasteiger partial charge in [0.05, 0.1) is 0 Å². The molecule has 0 atom stereocenters. The largest absolute Gasteiger partial charge is 0.298 e. The Balaban J connectivity index is 2.44. The molecule has 0 heterocycles. The number of hydrogen-bond acceptors (Lipinski definition) is 1. The van der Waals surface area contributed by atoms with Crippen LogP contribution in [0.4, 0.5) is 0 Å². The summed E-state index contributed by atoms with van der Waals surface area (Å²) < 4.78 is 0. The van der Waals surface area contributed by atoms with E-state index >= 15 is 0 Å². The highest BCUT2D eigenvalue weighted by Crippen LogP contribution is 2.23. The van der Waals surface area contributed by atoms with Gasteiger partial charge in [0.15, 0.2) is 6.29 Å². The van der Waals surface area contributed by atoms with Gasteiger partial charge in [0.25, 0.3) is 0 Å². The number of rotatable bonds is 2. The highest BCUT2D eigenvalue weighted by molar-refractivity contribution is 5.86. The number of benzene rings is 1. The Bertz CT molecular complexity index is 450. The smallest absolute Gasteiger partial charge is 0.150 e. The first-order chi connectivity index (χ1) is 7.42. The Morgan fingerprint density at radius 1 is 1.07 bits per heavy atom. The van der Waals surface area contributed by atoms with E-state index < -0.39 is 0 Å². The maximum absolute atomic E-state index is 10.9. The maximum atomic E-state index is 10.9. The van der Waals surface area contributed by atoms with E-state index in [-0.39, 0.29) is 0 Å². The fourth-order valence-electron chi connectivity index (χ4n) is 1.67. The Labute approximate surface area is 89.4 Å². The molecule has 0 N–H and O–H groups in total. The Hall–Kier alpha value is -1.89. The quantitative estimate of drug-likeness (QED) is 0.662. The molecular formula is C14H12O. The second-order valence-corrected chi connectivity index (χ2v) is 3.41. The van der Waals surface area contributed by atoms with Crippen molar-refractivity contribution in [2.24, 2.45) is 0 Å². The molecule has 0 bridgehead atoms. The first kappa shape index (κ1) is 9.66. The summed E-state index contributed by atoms with van der Waals surface area (Å²) in [7, 11) is 0. The molecule has 1 heteroatoms. The topological polar surface area (TPSA) is 17.1 Å². The van der Waals surface area contributed by atoms with Crippen LogP contribution in [0.15, 0.2) is 54.6 Å². The van der Waals surface area contributed by atoms with Crippen molar-refractivity contribution in [3.8, 4) is 0 Å². The van der Waals surface area contributed by atoms with E-state index in [2.05, 4.69) is 12.2 Å². The lowest BCUT2D eigenvalue weighted by Crippen LogP contribution is -1.90. The van der Waals surface area contributed by atoms with Crippen molar-refractivity contribution in [3.63, 3.8) is 0 Å². The molecule has 0 amide bonds. The number of carbonyl (C=O) groups excluding carboxylic acids is 1. The van der Waals surface area contributed by atoms with E-state index in [0.717, 1.165) is 23.8 Å². The molecule has 0 saturated carbocycles. The molecule has 2 rings (SSSR count). The van der Waals surface area contributed by atoms with Crippen LogP contribution in [-0.4, -0.2) is 6.29 Å². The van der Waals surface area contributed by atoms with Crippen LogP contribution >= 0.6 is 0 Å². The standard InChI is InChI=1S/C14H12O/c15-11-13-9-5-6-10-14(13)12-7-3-1-2-4-8-12/h1-7,9-11H,8H2. The van der Waals surface area contributed by atoms with E-state index in [4.69, 9.17) is 0 Å². The molecule has 0 fully saturated rings. The van der Waals surface area contributed by atoms with Gasteiger partial charge in [-0.15, -0.1) is 0 Å². The Morgan fingerprint density at radius 3 is 2.80 bits per heavy atom. The minimum absolute atomic E-state index is 0.757. The molecule has 0 saturated heterocycles. The summed E-state index contributed by atoms with van der Waals surface area (Å²) in [6.07, 6.45) is 12.0. The second kappa shape index (κ2) is 4.56. The van der Waals surface area contributed by atoms with Gasteiger partial charge in [-0.2, -0.15) is 0 Å². The lowest BCUT2D eigenvalue weighted by molar-refractivity contribution is 0.112. The molecule has 0 spiro atoms. The minimum atomic E-state index is 0.757. The van der Waals surface area contributed by atoms with Crippen LogP contribution in [-0.2, 0) is 0 Å². The van der Waals surface area contributed by atoms with Crippen LogP contribution < -0.4 is 0 Å². The van der Waals surface area contributed by atoms with E-state index in [0.29, 0.717) is 0 Å². The zero-order valence-corrected chi connectivity index (χ0v) is 8.39. The number of allylic oxidation sites excluding steroid dienone is 6. The molecule has 1 aliphatic rings. The third kappa shape index (κ3) is 2.13. The van der Waals surface area contributed by atoms with Crippen molar-refractivity contribution >= 4 is 11.9 Å². The molecule has 74 valence electrons. The summed E-state index contributed by atoms with van der Waals surface area (Å²) in [5.41, 5.74) is 2.97. The van der Waals surface area contributed by atoms with Gasteiger partial charge in [0.2, 0.25) is 0 Å². The van der Waals surface area contributed by atoms with Gasteiger partial charge in [-0.1, -0.05) is 54.6 Å². The lowest BCUT2D eigenvalue weighted by atomic mass is 9.98. The number of carbonyl (C=O) groups is 1. The van der Waals surface area contributed by atoms with Crippen molar-refractivity contribution in [3.05, 3.63) is 65.8 Å². The van der Waals surface area contributed by atoms with Crippen molar-refractivity contribution < 1.29 is 4.79 Å². The summed E-state index contributed by atoms with van der Waals surface area (Å²) in [6, 6.07) is 7.68. The van der Waals surface area contributed by atoms with Crippen LogP contribution in [0.1, 0.15) is 22.3 Å². The number of hydrogen-bond donors (Lipinski definition) is 0. The predicted octanol–water partition coefficient (Wildman–Crippen LogP) is 3.40. The summed E-state index contributed by atoms with van der Waals surface area (Å²) in [5.74, 6) is 0. The highest BCUT2D eigenvalue weighted by atomic mass is 16.1. The van der Waals surface area contributed by atoms with E-state index in [1.165, 1.54) is 5.57 Å². The van der Waals surface area contributed by atoms with Gasteiger partial charge in [-0.3, -0.25) is 4.79 Å². The minimum Gasteiger partial charge on any atom is -0.298 e. The average molecular weight is 196 g/mol. The van der Waals surface area contributed by atoms with Gasteiger partial charge >= 0.3 is 0 Å². The van der Waals surface area contributed by atoms with E-state index in [1.54, 1.807) is 0 Å². The summed E-state index contributed by atoms with van der Waals surface area (Å²) in [4.78, 5) is 10.9. The molecule has 1 aliphatic carbocycles. The zero-order valence-electron chi connectivity index (χ0n) is 8.39. The van der Waals surface area contributed by atoms with Crippen LogP contribution in [0.25, 0.3) is 5.57 Å². The number of aldehydes is 1. The third-order valence-electron chi connectivity index (χ3n) is 2.43. The molecule has 1 nitrogen and oxygen atoms in total. The fraction of sp³-hybridized carbons (Fsp3) is 0.0714. The van der Waals surface area contributed by atoms with Crippen molar-refractivity contribution in [2.45, 2.75) is 6.42 Å². The first-order valence-corrected chi connectivity index (χ1v) is 4.99. The third-order valence-corrected chi connectivity index (χ3v) is 2.43. The monoisotopic (exact) mass is 196 g/mol. The van der Waals surface area contributed by atoms with E-state index in [1.807, 2.05) is 42.5 Å². The highest BCUT2D eigenvalue weighted by Gasteiger charge is 2.05. The van der Waals surface area contributed by atoms with Crippen molar-refractivity contribution in [1.29, 1.82) is 0 Å². The molecule has 1 aromatic rings. The summed E-state index contributed by atoms with van der Waals surface area (Å²) >= 11 is 0. The van der Waals surface area contributed by atoms with Crippen LogP contribution in [0.3, 0.4) is 0 Å². The van der Waals surface area contributed by atoms with Crippen LogP contribution in [0, 0.1) is 0 Å². The molecule has 0 aromatic heterocycles. The lowest BCUT2D eigenvalue weighted by Gasteiger charge is -2.06. The Morgan fingerprint density at radius 2 is 1.93 bits per heavy atom. The van der Waals surface area contributed by atoms with Crippen molar-refractivity contribution in [1.82, 2.24) is 0 Å². The SMILES string of the molecule is O=Cc1ccccc1C1=CC=CC=CC1. The maximum Gasteiger partial charge on any atom is 0.150 e. The molecule has 1 aromatic carbocycles.